The third-order valence-corrected chi connectivity index (χ3v) is 2.50. The first-order valence-electron chi connectivity index (χ1n) is 5.32. The van der Waals surface area contributed by atoms with E-state index in [1.807, 2.05) is 0 Å². The van der Waals surface area contributed by atoms with Gasteiger partial charge in [0.15, 0.2) is 0 Å². The lowest BCUT2D eigenvalue weighted by Crippen LogP contribution is -2.29. The summed E-state index contributed by atoms with van der Waals surface area (Å²) in [6.07, 6.45) is 4.94. The van der Waals surface area contributed by atoms with Gasteiger partial charge in [0.25, 0.3) is 0 Å². The van der Waals surface area contributed by atoms with Crippen molar-refractivity contribution in [2.75, 3.05) is 6.54 Å². The maximum absolute atomic E-state index is 10.1. The van der Waals surface area contributed by atoms with Gasteiger partial charge < -0.3 is 15.5 Å². The zero-order chi connectivity index (χ0) is 12.0. The topological polar surface area (TPSA) is 99.0 Å². The summed E-state index contributed by atoms with van der Waals surface area (Å²) in [7, 11) is 0. The molecular weight excluding hydrogens is 212 g/mol. The molecule has 0 aromatic heterocycles. The molecular formula is C10H16N2O4. The molecule has 0 spiro atoms. The van der Waals surface area contributed by atoms with Crippen LogP contribution in [0.2, 0.25) is 0 Å². The van der Waals surface area contributed by atoms with Crippen molar-refractivity contribution in [1.29, 1.82) is 0 Å². The summed E-state index contributed by atoms with van der Waals surface area (Å²) in [4.78, 5) is 23.9. The maximum atomic E-state index is 10.1. The molecule has 0 saturated carbocycles. The highest BCUT2D eigenvalue weighted by Gasteiger charge is 2.20. The fourth-order valence-electron chi connectivity index (χ4n) is 1.59. The highest BCUT2D eigenvalue weighted by atomic mass is 16.4. The van der Waals surface area contributed by atoms with E-state index < -0.39 is 18.0 Å². The lowest BCUT2D eigenvalue weighted by Gasteiger charge is -1.99. The molecule has 3 N–H and O–H groups in total. The summed E-state index contributed by atoms with van der Waals surface area (Å²) < 4.78 is 0. The smallest absolute Gasteiger partial charge is 0.328 e. The average molecular weight is 228 g/mol. The van der Waals surface area contributed by atoms with Gasteiger partial charge in [-0.05, 0) is 38.4 Å². The summed E-state index contributed by atoms with van der Waals surface area (Å²) >= 11 is 0. The number of aliphatic carboxylic acids is 2. The standard InChI is InChI=1S/C5H9NO2.C5H7NO2/c2*7-5(8)4-2-1-3-6-4/h4,6H,1-3H2,(H,7,8);3-4H,1-2H2,(H,7,8)/t2*4-/m00/s1. The Morgan fingerprint density at radius 1 is 1.25 bits per heavy atom. The number of nitrogens with one attached hydrogen (secondary N) is 1. The second-order valence-electron chi connectivity index (χ2n) is 3.75. The van der Waals surface area contributed by atoms with Crippen molar-refractivity contribution < 1.29 is 19.8 Å². The van der Waals surface area contributed by atoms with Gasteiger partial charge in [0.2, 0.25) is 0 Å². The maximum Gasteiger partial charge on any atom is 0.328 e. The van der Waals surface area contributed by atoms with Gasteiger partial charge in [0, 0.05) is 0 Å². The molecule has 0 aromatic carbocycles. The van der Waals surface area contributed by atoms with E-state index in [4.69, 9.17) is 10.2 Å². The molecule has 2 heterocycles. The first kappa shape index (κ1) is 12.6. The highest BCUT2D eigenvalue weighted by Crippen LogP contribution is 2.06. The molecule has 2 aliphatic rings. The molecule has 0 unspecified atom stereocenters. The first-order chi connectivity index (χ1) is 7.61. The van der Waals surface area contributed by atoms with Crippen LogP contribution in [0.4, 0.5) is 0 Å². The normalized spacial score (nSPS) is 27.2. The van der Waals surface area contributed by atoms with Crippen LogP contribution in [-0.4, -0.2) is 47.0 Å². The van der Waals surface area contributed by atoms with Crippen molar-refractivity contribution in [3.63, 3.8) is 0 Å². The van der Waals surface area contributed by atoms with Crippen molar-refractivity contribution in [3.05, 3.63) is 0 Å². The van der Waals surface area contributed by atoms with Gasteiger partial charge in [-0.1, -0.05) is 0 Å². The van der Waals surface area contributed by atoms with Crippen LogP contribution in [0.25, 0.3) is 0 Å². The summed E-state index contributed by atoms with van der Waals surface area (Å²) in [6, 6.07) is -0.718. The predicted octanol–water partition coefficient (Wildman–Crippen LogP) is 0.127. The Balaban J connectivity index is 0.000000160. The van der Waals surface area contributed by atoms with Crippen molar-refractivity contribution in [2.45, 2.75) is 37.8 Å². The molecule has 0 aromatic rings. The lowest BCUT2D eigenvalue weighted by molar-refractivity contribution is -0.139. The number of carboxylic acids is 2. The van der Waals surface area contributed by atoms with Crippen LogP contribution in [0, 0.1) is 0 Å². The SMILES string of the molecule is O=C(O)[C@@H]1CCC=N1.O=C(O)[C@@H]1CCCN1. The predicted molar refractivity (Wildman–Crippen MR) is 57.8 cm³/mol. The van der Waals surface area contributed by atoms with E-state index in [1.54, 1.807) is 6.21 Å². The lowest BCUT2D eigenvalue weighted by atomic mass is 10.2. The van der Waals surface area contributed by atoms with Gasteiger partial charge >= 0.3 is 11.9 Å². The Hall–Kier alpha value is -1.43. The molecule has 0 aliphatic carbocycles. The molecule has 2 aliphatic heterocycles. The van der Waals surface area contributed by atoms with Crippen LogP contribution in [0.5, 0.6) is 0 Å². The van der Waals surface area contributed by atoms with Gasteiger partial charge in [0.05, 0.1) is 0 Å². The van der Waals surface area contributed by atoms with Crippen LogP contribution in [0.1, 0.15) is 25.7 Å². The first-order valence-corrected chi connectivity index (χ1v) is 5.32. The molecule has 0 bridgehead atoms. The van der Waals surface area contributed by atoms with Crippen molar-refractivity contribution >= 4 is 18.2 Å². The van der Waals surface area contributed by atoms with E-state index in [2.05, 4.69) is 10.3 Å². The number of carbonyl (C=O) groups is 2. The van der Waals surface area contributed by atoms with Crippen molar-refractivity contribution in [1.82, 2.24) is 5.32 Å². The Bertz CT molecular complexity index is 285. The number of hydrogen-bond donors (Lipinski definition) is 3. The third kappa shape index (κ3) is 3.98. The van der Waals surface area contributed by atoms with Crippen molar-refractivity contribution in [2.24, 2.45) is 4.99 Å². The summed E-state index contributed by atoms with van der Waals surface area (Å²) in [5.41, 5.74) is 0. The minimum atomic E-state index is -0.807. The van der Waals surface area contributed by atoms with Gasteiger partial charge in [-0.25, -0.2) is 4.79 Å². The Morgan fingerprint density at radius 3 is 2.25 bits per heavy atom. The van der Waals surface area contributed by atoms with Crippen LogP contribution < -0.4 is 5.32 Å². The zero-order valence-electron chi connectivity index (χ0n) is 8.93. The van der Waals surface area contributed by atoms with Crippen LogP contribution in [-0.2, 0) is 9.59 Å². The van der Waals surface area contributed by atoms with Crippen LogP contribution >= 0.6 is 0 Å². The van der Waals surface area contributed by atoms with Crippen molar-refractivity contribution in [3.8, 4) is 0 Å². The van der Waals surface area contributed by atoms with Gasteiger partial charge in [-0.15, -0.1) is 0 Å². The summed E-state index contributed by atoms with van der Waals surface area (Å²) in [5.74, 6) is -1.53. The molecule has 6 nitrogen and oxygen atoms in total. The van der Waals surface area contributed by atoms with E-state index in [1.165, 1.54) is 0 Å². The fraction of sp³-hybridized carbons (Fsp3) is 0.700. The van der Waals surface area contributed by atoms with Crippen LogP contribution in [0.3, 0.4) is 0 Å². The molecule has 1 fully saturated rings. The highest BCUT2D eigenvalue weighted by molar-refractivity contribution is 5.78. The molecule has 16 heavy (non-hydrogen) atoms. The van der Waals surface area contributed by atoms with Crippen LogP contribution in [0.15, 0.2) is 4.99 Å². The fourth-order valence-corrected chi connectivity index (χ4v) is 1.59. The minimum Gasteiger partial charge on any atom is -0.480 e. The molecule has 2 rings (SSSR count). The monoisotopic (exact) mass is 228 g/mol. The quantitative estimate of drug-likeness (QED) is 0.623. The Morgan fingerprint density at radius 2 is 2.00 bits per heavy atom. The number of hydrogen-bond acceptors (Lipinski definition) is 4. The molecule has 2 atom stereocenters. The number of nitrogens with zero attached hydrogens (tertiary/aromatic N) is 1. The number of aliphatic imine (C=N–C) groups is 1. The summed E-state index contributed by atoms with van der Waals surface area (Å²) in [5, 5.41) is 19.5. The zero-order valence-corrected chi connectivity index (χ0v) is 8.93. The molecule has 90 valence electrons. The molecule has 0 radical (unpaired) electrons. The molecule has 1 saturated heterocycles. The summed E-state index contributed by atoms with van der Waals surface area (Å²) in [6.45, 7) is 0.858. The molecule has 0 amide bonds. The largest absolute Gasteiger partial charge is 0.480 e. The van der Waals surface area contributed by atoms with Gasteiger partial charge in [-0.3, -0.25) is 9.79 Å². The van der Waals surface area contributed by atoms with E-state index in [0.29, 0.717) is 6.42 Å². The van der Waals surface area contributed by atoms with E-state index in [9.17, 15) is 9.59 Å². The average Bonchev–Trinajstić information content (AvgIpc) is 2.93. The second kappa shape index (κ2) is 6.22. The van der Waals surface area contributed by atoms with E-state index in [0.717, 1.165) is 25.8 Å². The Labute approximate surface area is 93.4 Å². The third-order valence-electron chi connectivity index (χ3n) is 2.50. The second-order valence-corrected chi connectivity index (χ2v) is 3.75. The van der Waals surface area contributed by atoms with Gasteiger partial charge in [-0.2, -0.15) is 0 Å². The number of carboxylic acid groups (broad SMARTS) is 2. The van der Waals surface area contributed by atoms with E-state index in [-0.39, 0.29) is 6.04 Å². The van der Waals surface area contributed by atoms with E-state index >= 15 is 0 Å². The Kier molecular flexibility index (Phi) is 4.91. The number of rotatable bonds is 2. The molecule has 6 heteroatoms. The van der Waals surface area contributed by atoms with Gasteiger partial charge in [0.1, 0.15) is 12.1 Å². The minimum absolute atomic E-state index is 0.269.